The van der Waals surface area contributed by atoms with Gasteiger partial charge in [-0.05, 0) is 160 Å². The van der Waals surface area contributed by atoms with Gasteiger partial charge in [0.2, 0.25) is 0 Å². The van der Waals surface area contributed by atoms with Crippen molar-refractivity contribution in [3.8, 4) is 27.3 Å². The van der Waals surface area contributed by atoms with Crippen molar-refractivity contribution in [1.29, 1.82) is 0 Å². The highest BCUT2D eigenvalue weighted by molar-refractivity contribution is 8.08. The maximum absolute atomic E-state index is 4.07. The van der Waals surface area contributed by atoms with Gasteiger partial charge in [0.25, 0.3) is 0 Å². The number of aryl methyl sites for hydroxylation is 2. The Hall–Kier alpha value is -7.37. The number of thioether (sulfide) groups is 1. The molecule has 0 bridgehead atoms. The van der Waals surface area contributed by atoms with Crippen molar-refractivity contribution in [3.63, 3.8) is 0 Å². The molecule has 8 aromatic carbocycles. The molecule has 2 aliphatic heterocycles. The molecular formula is C73H70N2S2. The summed E-state index contributed by atoms with van der Waals surface area (Å²) in [5.41, 5.74) is 21.2. The molecule has 0 N–H and O–H groups in total. The van der Waals surface area contributed by atoms with Crippen LogP contribution in [0.3, 0.4) is 0 Å². The predicted molar refractivity (Wildman–Crippen MR) is 338 cm³/mol. The van der Waals surface area contributed by atoms with Crippen LogP contribution in [0.2, 0.25) is 0 Å². The normalized spacial score (nSPS) is 15.4. The molecule has 0 saturated carbocycles. The summed E-state index contributed by atoms with van der Waals surface area (Å²) in [7, 11) is 0. The molecule has 384 valence electrons. The topological polar surface area (TPSA) is 8.17 Å². The van der Waals surface area contributed by atoms with Crippen molar-refractivity contribution in [1.82, 2.24) is 4.57 Å². The molecule has 77 heavy (non-hydrogen) atoms. The number of hydrogen-bond donors (Lipinski definition) is 0. The zero-order valence-corrected chi connectivity index (χ0v) is 46.9. The summed E-state index contributed by atoms with van der Waals surface area (Å²) in [6, 6.07) is 75.5. The summed E-state index contributed by atoms with van der Waals surface area (Å²) < 4.78 is 3.80. The number of hydrogen-bond acceptors (Lipinski definition) is 3. The quantitative estimate of drug-likeness (QED) is 0.0891. The van der Waals surface area contributed by atoms with Gasteiger partial charge in [-0.3, -0.25) is 0 Å². The first-order valence-electron chi connectivity index (χ1n) is 28.2. The van der Waals surface area contributed by atoms with Gasteiger partial charge < -0.3 is 9.47 Å². The Balaban J connectivity index is 0.00000154. The van der Waals surface area contributed by atoms with E-state index in [2.05, 4.69) is 241 Å². The van der Waals surface area contributed by atoms with E-state index in [0.717, 1.165) is 51.4 Å². The number of thiophene rings is 1. The summed E-state index contributed by atoms with van der Waals surface area (Å²) in [6.07, 6.45) is 15.3. The number of anilines is 2. The number of para-hydroxylation sites is 4. The molecule has 2 atom stereocenters. The van der Waals surface area contributed by atoms with Crippen molar-refractivity contribution >= 4 is 72.7 Å². The maximum atomic E-state index is 4.07. The van der Waals surface area contributed by atoms with Gasteiger partial charge in [-0.1, -0.05) is 211 Å². The van der Waals surface area contributed by atoms with Gasteiger partial charge in [0.1, 0.15) is 0 Å². The number of rotatable bonds is 16. The van der Waals surface area contributed by atoms with E-state index in [-0.39, 0.29) is 11.5 Å². The number of benzene rings is 8. The van der Waals surface area contributed by atoms with Gasteiger partial charge in [0, 0.05) is 37.6 Å². The molecule has 2 unspecified atom stereocenters. The molecule has 2 aromatic heterocycles. The third-order valence-corrected chi connectivity index (χ3v) is 18.6. The molecule has 13 rings (SSSR count). The van der Waals surface area contributed by atoms with Crippen LogP contribution in [0.1, 0.15) is 116 Å². The summed E-state index contributed by atoms with van der Waals surface area (Å²) in [5, 5.41) is 1.64. The first-order chi connectivity index (χ1) is 38.1. The minimum Gasteiger partial charge on any atom is -0.333 e. The van der Waals surface area contributed by atoms with E-state index in [1.165, 1.54) is 109 Å². The van der Waals surface area contributed by atoms with E-state index in [9.17, 15) is 0 Å². The van der Waals surface area contributed by atoms with E-state index in [1.54, 1.807) is 0 Å². The molecule has 0 fully saturated rings. The second-order valence-electron chi connectivity index (χ2n) is 20.3. The lowest BCUT2D eigenvalue weighted by molar-refractivity contribution is 0.407. The van der Waals surface area contributed by atoms with Gasteiger partial charge in [0.05, 0.1) is 27.0 Å². The van der Waals surface area contributed by atoms with Crippen molar-refractivity contribution in [2.75, 3.05) is 4.90 Å². The second kappa shape index (κ2) is 23.1. The Bertz CT molecular complexity index is 3680. The number of fused-ring (bicyclic) bond motifs is 9. The Kier molecular flexibility index (Phi) is 15.5. The van der Waals surface area contributed by atoms with Crippen LogP contribution in [0, 0.1) is 0 Å². The molecule has 0 radical (unpaired) electrons. The van der Waals surface area contributed by atoms with Gasteiger partial charge >= 0.3 is 0 Å². The van der Waals surface area contributed by atoms with E-state index >= 15 is 0 Å². The lowest BCUT2D eigenvalue weighted by atomic mass is 9.70. The standard InChI is InChI=1S/C69H58N2S2.2C2H6/c1-3-47-23-19-25-49(41-47)21-15-17-39-69(40-18-16-22-50-26-20-24-48(4-2)42-50)59-43-51(65-45-63-67(72-65)57-31-11-13-33-61(57)70(63)53-27-7-5-8-28-53)35-37-55(59)56-38-36-52(44-60(56)69)66-46-64-68(73-66)58-32-12-14-34-62(58)71(64)54-29-9-6-10-30-54;2*1-2/h3-14,19-20,23-38,41-46,63,67H,1-2,15-18,21-22,39-40H2;2*1-2H3. The Morgan fingerprint density at radius 3 is 1.74 bits per heavy atom. The van der Waals surface area contributed by atoms with Gasteiger partial charge in [-0.15, -0.1) is 23.1 Å². The zero-order valence-electron chi connectivity index (χ0n) is 45.2. The summed E-state index contributed by atoms with van der Waals surface area (Å²) in [5.74, 6) is 0. The smallest absolute Gasteiger partial charge is 0.0700 e. The second-order valence-corrected chi connectivity index (χ2v) is 22.5. The zero-order chi connectivity index (χ0) is 52.9. The van der Waals surface area contributed by atoms with Crippen LogP contribution >= 0.6 is 23.1 Å². The molecule has 10 aromatic rings. The number of aromatic nitrogens is 1. The van der Waals surface area contributed by atoms with Crippen LogP contribution < -0.4 is 4.90 Å². The SMILES string of the molecule is C=Cc1cccc(CCCCC2(CCCCc3cccc(C=C)c3)c3cc(C4=CC5C(S4)c4ccccc4N5c4ccccc4)ccc3-c3ccc(-c4cc5c(s4)c4ccccc4n5-c4ccccc4)cc32)c1.CC.CC. The minimum absolute atomic E-state index is 0.159. The van der Waals surface area contributed by atoms with Crippen molar-refractivity contribution in [3.05, 3.63) is 264 Å². The summed E-state index contributed by atoms with van der Waals surface area (Å²) in [6.45, 7) is 16.1. The Labute approximate surface area is 466 Å². The minimum atomic E-state index is -0.159. The maximum Gasteiger partial charge on any atom is 0.0700 e. The molecule has 2 nitrogen and oxygen atoms in total. The molecule has 0 amide bonds. The van der Waals surface area contributed by atoms with Crippen LogP contribution in [-0.2, 0) is 18.3 Å². The molecule has 4 heterocycles. The van der Waals surface area contributed by atoms with E-state index in [0.29, 0.717) is 5.25 Å². The summed E-state index contributed by atoms with van der Waals surface area (Å²) in [4.78, 5) is 5.28. The Morgan fingerprint density at radius 1 is 0.519 bits per heavy atom. The van der Waals surface area contributed by atoms with Crippen molar-refractivity contribution in [2.24, 2.45) is 0 Å². The monoisotopic (exact) mass is 1040 g/mol. The lowest BCUT2D eigenvalue weighted by Crippen LogP contribution is -2.26. The number of unbranched alkanes of at least 4 members (excludes halogenated alkanes) is 2. The average molecular weight is 1040 g/mol. The molecule has 4 heteroatoms. The van der Waals surface area contributed by atoms with Crippen LogP contribution in [0.5, 0.6) is 0 Å². The highest BCUT2D eigenvalue weighted by atomic mass is 32.2. The van der Waals surface area contributed by atoms with Crippen LogP contribution in [-0.4, -0.2) is 10.6 Å². The largest absolute Gasteiger partial charge is 0.333 e. The molecule has 0 saturated heterocycles. The average Bonchev–Trinajstić information content (AvgIpc) is 4.46. The fourth-order valence-corrected chi connectivity index (χ4v) is 15.2. The van der Waals surface area contributed by atoms with Crippen LogP contribution in [0.4, 0.5) is 11.4 Å². The highest BCUT2D eigenvalue weighted by Crippen LogP contribution is 2.61. The molecule has 0 spiro atoms. The first kappa shape index (κ1) is 51.7. The van der Waals surface area contributed by atoms with E-state index in [1.807, 2.05) is 51.2 Å². The molecule has 1 aliphatic carbocycles. The van der Waals surface area contributed by atoms with Gasteiger partial charge in [0.15, 0.2) is 0 Å². The molecular weight excluding hydrogens is 969 g/mol. The van der Waals surface area contributed by atoms with E-state index in [4.69, 9.17) is 0 Å². The predicted octanol–water partition coefficient (Wildman–Crippen LogP) is 21.3. The van der Waals surface area contributed by atoms with Crippen molar-refractivity contribution in [2.45, 2.75) is 95.8 Å². The van der Waals surface area contributed by atoms with Crippen LogP contribution in [0.15, 0.2) is 219 Å². The third kappa shape index (κ3) is 9.77. The van der Waals surface area contributed by atoms with Crippen LogP contribution in [0.25, 0.3) is 65.4 Å². The fraction of sp³-hybridized carbons (Fsp3) is 0.205. The van der Waals surface area contributed by atoms with Crippen molar-refractivity contribution < 1.29 is 0 Å². The first-order valence-corrected chi connectivity index (χ1v) is 29.9. The lowest BCUT2D eigenvalue weighted by Gasteiger charge is -2.33. The highest BCUT2D eigenvalue weighted by Gasteiger charge is 2.45. The molecule has 3 aliphatic rings. The number of nitrogens with zero attached hydrogens (tertiary/aromatic N) is 2. The summed E-state index contributed by atoms with van der Waals surface area (Å²) >= 11 is 4.00. The van der Waals surface area contributed by atoms with Gasteiger partial charge in [-0.2, -0.15) is 0 Å². The van der Waals surface area contributed by atoms with E-state index < -0.39 is 0 Å². The Morgan fingerprint density at radius 2 is 1.09 bits per heavy atom. The third-order valence-electron chi connectivity index (χ3n) is 16.0. The fourth-order valence-electron chi connectivity index (χ4n) is 12.6. The van der Waals surface area contributed by atoms with Gasteiger partial charge in [-0.25, -0.2) is 0 Å².